The molecule has 1 aliphatic rings. The van der Waals surface area contributed by atoms with Gasteiger partial charge >= 0.3 is 0 Å². The maximum Gasteiger partial charge on any atom is 0.254 e. The number of hydrogen-bond acceptors (Lipinski definition) is 3. The van der Waals surface area contributed by atoms with Crippen molar-refractivity contribution in [1.29, 1.82) is 0 Å². The molecule has 2 aromatic rings. The first-order chi connectivity index (χ1) is 11.2. The van der Waals surface area contributed by atoms with Crippen LogP contribution in [-0.2, 0) is 4.79 Å². The van der Waals surface area contributed by atoms with E-state index >= 15 is 0 Å². The second-order valence-electron chi connectivity index (χ2n) is 5.96. The standard InChI is InChI=1S/C19H20N2O2/c1-14(22)15-8-12-21(13-9-15)19(23)18-5-3-2-4-17(18)16-6-10-20-11-7-16/h2-7,10-11,15H,8-9,12-13H2,1H3. The van der Waals surface area contributed by atoms with Gasteiger partial charge in [0.15, 0.2) is 0 Å². The number of carbonyl (C=O) groups excluding carboxylic acids is 2. The minimum atomic E-state index is 0.0411. The maximum absolute atomic E-state index is 12.9. The summed E-state index contributed by atoms with van der Waals surface area (Å²) in [5.41, 5.74) is 2.62. The number of aromatic nitrogens is 1. The van der Waals surface area contributed by atoms with Crippen molar-refractivity contribution in [3.05, 3.63) is 54.4 Å². The Morgan fingerprint density at radius 1 is 1.04 bits per heavy atom. The molecule has 4 nitrogen and oxygen atoms in total. The van der Waals surface area contributed by atoms with Gasteiger partial charge in [-0.1, -0.05) is 18.2 Å². The molecule has 0 unspecified atom stereocenters. The minimum absolute atomic E-state index is 0.0411. The number of amides is 1. The van der Waals surface area contributed by atoms with Gasteiger partial charge in [0.25, 0.3) is 5.91 Å². The molecule has 0 saturated carbocycles. The quantitative estimate of drug-likeness (QED) is 0.875. The molecule has 0 atom stereocenters. The van der Waals surface area contributed by atoms with Crippen LogP contribution in [0.3, 0.4) is 0 Å². The average Bonchev–Trinajstić information content (AvgIpc) is 2.62. The Balaban J connectivity index is 1.83. The number of nitrogens with zero attached hydrogens (tertiary/aromatic N) is 2. The first-order valence-corrected chi connectivity index (χ1v) is 7.96. The van der Waals surface area contributed by atoms with E-state index in [0.717, 1.165) is 24.0 Å². The first-order valence-electron chi connectivity index (χ1n) is 7.96. The molecule has 1 aliphatic heterocycles. The molecule has 3 rings (SSSR count). The first kappa shape index (κ1) is 15.4. The topological polar surface area (TPSA) is 50.3 Å². The van der Waals surface area contributed by atoms with Crippen molar-refractivity contribution < 1.29 is 9.59 Å². The normalized spacial score (nSPS) is 15.4. The van der Waals surface area contributed by atoms with Crippen LogP contribution in [0.1, 0.15) is 30.1 Å². The van der Waals surface area contributed by atoms with Gasteiger partial charge in [-0.15, -0.1) is 0 Å². The molecule has 4 heteroatoms. The lowest BCUT2D eigenvalue weighted by Crippen LogP contribution is -2.40. The zero-order valence-electron chi connectivity index (χ0n) is 13.2. The predicted molar refractivity (Wildman–Crippen MR) is 89.0 cm³/mol. The zero-order chi connectivity index (χ0) is 16.2. The van der Waals surface area contributed by atoms with E-state index in [2.05, 4.69) is 4.98 Å². The van der Waals surface area contributed by atoms with Gasteiger partial charge in [-0.2, -0.15) is 0 Å². The van der Waals surface area contributed by atoms with E-state index in [-0.39, 0.29) is 17.6 Å². The lowest BCUT2D eigenvalue weighted by molar-refractivity contribution is -0.121. The van der Waals surface area contributed by atoms with Gasteiger partial charge in [0.05, 0.1) is 0 Å². The average molecular weight is 308 g/mol. The SMILES string of the molecule is CC(=O)C1CCN(C(=O)c2ccccc2-c2ccncc2)CC1. The van der Waals surface area contributed by atoms with Gasteiger partial charge < -0.3 is 4.90 Å². The van der Waals surface area contributed by atoms with Crippen LogP contribution in [0.4, 0.5) is 0 Å². The second kappa shape index (κ2) is 6.73. The van der Waals surface area contributed by atoms with Crippen molar-refractivity contribution >= 4 is 11.7 Å². The van der Waals surface area contributed by atoms with Crippen LogP contribution in [-0.4, -0.2) is 34.7 Å². The Bertz CT molecular complexity index is 704. The molecule has 2 heterocycles. The fourth-order valence-corrected chi connectivity index (χ4v) is 3.11. The van der Waals surface area contributed by atoms with Gasteiger partial charge in [0.1, 0.15) is 5.78 Å². The van der Waals surface area contributed by atoms with Gasteiger partial charge in [-0.05, 0) is 49.1 Å². The minimum Gasteiger partial charge on any atom is -0.339 e. The Morgan fingerprint density at radius 2 is 1.70 bits per heavy atom. The van der Waals surface area contributed by atoms with Crippen molar-refractivity contribution in [2.24, 2.45) is 5.92 Å². The van der Waals surface area contributed by atoms with Gasteiger partial charge in [-0.3, -0.25) is 14.6 Å². The highest BCUT2D eigenvalue weighted by atomic mass is 16.2. The number of rotatable bonds is 3. The van der Waals surface area contributed by atoms with Crippen LogP contribution in [0.5, 0.6) is 0 Å². The van der Waals surface area contributed by atoms with E-state index in [1.807, 2.05) is 41.3 Å². The Morgan fingerprint density at radius 3 is 2.35 bits per heavy atom. The van der Waals surface area contributed by atoms with E-state index in [9.17, 15) is 9.59 Å². The molecule has 0 N–H and O–H groups in total. The molecule has 0 aliphatic carbocycles. The monoisotopic (exact) mass is 308 g/mol. The Hall–Kier alpha value is -2.49. The molecular weight excluding hydrogens is 288 g/mol. The third-order valence-electron chi connectivity index (χ3n) is 4.51. The van der Waals surface area contributed by atoms with Crippen molar-refractivity contribution in [3.8, 4) is 11.1 Å². The molecule has 23 heavy (non-hydrogen) atoms. The van der Waals surface area contributed by atoms with Crippen LogP contribution in [0.2, 0.25) is 0 Å². The number of piperidine rings is 1. The highest BCUT2D eigenvalue weighted by Gasteiger charge is 2.26. The van der Waals surface area contributed by atoms with Crippen molar-refractivity contribution in [1.82, 2.24) is 9.88 Å². The van der Waals surface area contributed by atoms with Gasteiger partial charge in [-0.25, -0.2) is 0 Å². The lowest BCUT2D eigenvalue weighted by atomic mass is 9.92. The summed E-state index contributed by atoms with van der Waals surface area (Å²) in [6.07, 6.45) is 4.99. The summed E-state index contributed by atoms with van der Waals surface area (Å²) in [5.74, 6) is 0.378. The number of hydrogen-bond donors (Lipinski definition) is 0. The smallest absolute Gasteiger partial charge is 0.254 e. The fourth-order valence-electron chi connectivity index (χ4n) is 3.11. The molecule has 1 saturated heterocycles. The summed E-state index contributed by atoms with van der Waals surface area (Å²) in [7, 11) is 0. The molecule has 1 amide bonds. The Kier molecular flexibility index (Phi) is 4.51. The highest BCUT2D eigenvalue weighted by Crippen LogP contribution is 2.26. The van der Waals surface area contributed by atoms with Crippen LogP contribution >= 0.6 is 0 Å². The number of Topliss-reactive ketones (excluding diaryl/α,β-unsaturated/α-hetero) is 1. The van der Waals surface area contributed by atoms with Crippen LogP contribution in [0.25, 0.3) is 11.1 Å². The van der Waals surface area contributed by atoms with Gasteiger partial charge in [0, 0.05) is 37.0 Å². The van der Waals surface area contributed by atoms with E-state index in [1.54, 1.807) is 19.3 Å². The Labute approximate surface area is 136 Å². The van der Waals surface area contributed by atoms with Crippen LogP contribution in [0.15, 0.2) is 48.8 Å². The summed E-state index contributed by atoms with van der Waals surface area (Å²) in [5, 5.41) is 0. The van der Waals surface area contributed by atoms with Crippen molar-refractivity contribution in [3.63, 3.8) is 0 Å². The molecule has 1 fully saturated rings. The summed E-state index contributed by atoms with van der Waals surface area (Å²) in [6, 6.07) is 11.5. The molecule has 0 radical (unpaired) electrons. The summed E-state index contributed by atoms with van der Waals surface area (Å²) in [6.45, 7) is 2.93. The van der Waals surface area contributed by atoms with Crippen LogP contribution < -0.4 is 0 Å². The number of ketones is 1. The lowest BCUT2D eigenvalue weighted by Gasteiger charge is -2.31. The van der Waals surface area contributed by atoms with E-state index in [4.69, 9.17) is 0 Å². The fraction of sp³-hybridized carbons (Fsp3) is 0.316. The maximum atomic E-state index is 12.9. The molecule has 0 spiro atoms. The molecule has 118 valence electrons. The number of likely N-dealkylation sites (tertiary alicyclic amines) is 1. The van der Waals surface area contributed by atoms with E-state index in [0.29, 0.717) is 18.7 Å². The highest BCUT2D eigenvalue weighted by molar-refractivity contribution is 6.01. The number of benzene rings is 1. The largest absolute Gasteiger partial charge is 0.339 e. The summed E-state index contributed by atoms with van der Waals surface area (Å²) < 4.78 is 0. The molecule has 0 bridgehead atoms. The van der Waals surface area contributed by atoms with E-state index in [1.165, 1.54) is 0 Å². The van der Waals surface area contributed by atoms with Crippen molar-refractivity contribution in [2.75, 3.05) is 13.1 Å². The number of carbonyl (C=O) groups is 2. The third-order valence-corrected chi connectivity index (χ3v) is 4.51. The predicted octanol–water partition coefficient (Wildman–Crippen LogP) is 3.19. The zero-order valence-corrected chi connectivity index (χ0v) is 13.2. The van der Waals surface area contributed by atoms with Gasteiger partial charge in [0.2, 0.25) is 0 Å². The van der Waals surface area contributed by atoms with E-state index < -0.39 is 0 Å². The summed E-state index contributed by atoms with van der Waals surface area (Å²) >= 11 is 0. The molecule has 1 aromatic carbocycles. The number of pyridine rings is 1. The third kappa shape index (κ3) is 3.31. The van der Waals surface area contributed by atoms with Crippen LogP contribution in [0, 0.1) is 5.92 Å². The van der Waals surface area contributed by atoms with Crippen molar-refractivity contribution in [2.45, 2.75) is 19.8 Å². The summed E-state index contributed by atoms with van der Waals surface area (Å²) in [4.78, 5) is 30.3. The second-order valence-corrected chi connectivity index (χ2v) is 5.96. The molecule has 1 aromatic heterocycles. The molecular formula is C19H20N2O2.